The minimum atomic E-state index is -1.19. The van der Waals surface area contributed by atoms with Gasteiger partial charge >= 0.3 is 0 Å². The van der Waals surface area contributed by atoms with Crippen LogP contribution in [0.15, 0.2) is 30.5 Å². The van der Waals surface area contributed by atoms with Gasteiger partial charge in [-0.25, -0.2) is 9.37 Å². The first-order valence-corrected chi connectivity index (χ1v) is 11.0. The number of aliphatic hydroxyl groups is 2. The van der Waals surface area contributed by atoms with E-state index in [-0.39, 0.29) is 5.69 Å². The van der Waals surface area contributed by atoms with E-state index in [1.165, 1.54) is 6.07 Å². The second-order valence-electron chi connectivity index (χ2n) is 8.14. The van der Waals surface area contributed by atoms with Crippen molar-refractivity contribution in [2.24, 2.45) is 7.05 Å². The highest BCUT2D eigenvalue weighted by Crippen LogP contribution is 2.36. The van der Waals surface area contributed by atoms with Gasteiger partial charge in [0.05, 0.1) is 17.5 Å². The van der Waals surface area contributed by atoms with Gasteiger partial charge in [-0.15, -0.1) is 0 Å². The highest BCUT2D eigenvalue weighted by atomic mass is 32.1. The van der Waals surface area contributed by atoms with Gasteiger partial charge in [0, 0.05) is 25.7 Å². The number of anilines is 3. The van der Waals surface area contributed by atoms with Crippen molar-refractivity contribution < 1.29 is 14.6 Å². The molecule has 1 saturated heterocycles. The Hall–Kier alpha value is -2.69. The summed E-state index contributed by atoms with van der Waals surface area (Å²) in [6, 6.07) is 6.33. The lowest BCUT2D eigenvalue weighted by atomic mass is 9.98. The van der Waals surface area contributed by atoms with Gasteiger partial charge in [-0.2, -0.15) is 5.10 Å². The highest BCUT2D eigenvalue weighted by molar-refractivity contribution is 7.18. The van der Waals surface area contributed by atoms with E-state index in [0.29, 0.717) is 34.2 Å². The van der Waals surface area contributed by atoms with Crippen molar-refractivity contribution in [3.63, 3.8) is 0 Å². The molecule has 2 aromatic heterocycles. The van der Waals surface area contributed by atoms with Gasteiger partial charge in [-0.05, 0) is 38.3 Å². The molecule has 2 atom stereocenters. The zero-order valence-corrected chi connectivity index (χ0v) is 18.4. The maximum absolute atomic E-state index is 14.1. The van der Waals surface area contributed by atoms with Crippen molar-refractivity contribution in [3.8, 4) is 10.6 Å². The average Bonchev–Trinajstić information content (AvgIpc) is 3.22. The number of nitrogens with one attached hydrogen (secondary N) is 1. The molecule has 1 aromatic carbocycles. The van der Waals surface area contributed by atoms with Crippen LogP contribution in [0.5, 0.6) is 0 Å². The number of halogens is 1. The molecule has 0 spiro atoms. The summed E-state index contributed by atoms with van der Waals surface area (Å²) in [4.78, 5) is 6.54. The smallest absolute Gasteiger partial charge is 0.171 e. The number of hydrogen-bond acceptors (Lipinski definition) is 8. The summed E-state index contributed by atoms with van der Waals surface area (Å²) in [5.74, 6) is 0.428. The number of aryl methyl sites for hydroxylation is 1. The third kappa shape index (κ3) is 4.51. The molecule has 3 heterocycles. The van der Waals surface area contributed by atoms with Gasteiger partial charge in [0.25, 0.3) is 0 Å². The molecule has 5 N–H and O–H groups in total. The second-order valence-corrected chi connectivity index (χ2v) is 9.17. The van der Waals surface area contributed by atoms with Crippen LogP contribution in [-0.2, 0) is 7.05 Å². The van der Waals surface area contributed by atoms with Crippen LogP contribution in [0, 0.1) is 5.82 Å². The Labute approximate surface area is 184 Å². The summed E-state index contributed by atoms with van der Waals surface area (Å²) in [7, 11) is 1.84. The second kappa shape index (κ2) is 8.45. The molecule has 10 heteroatoms. The predicted octanol–water partition coefficient (Wildman–Crippen LogP) is 3.11. The molecule has 8 nitrogen and oxygen atoms in total. The van der Waals surface area contributed by atoms with Crippen LogP contribution in [-0.4, -0.2) is 43.7 Å². The minimum Gasteiger partial charge on any atom is -0.390 e. The highest BCUT2D eigenvalue weighted by Gasteiger charge is 2.28. The molecule has 3 aromatic rings. The van der Waals surface area contributed by atoms with E-state index in [1.807, 2.05) is 14.0 Å². The third-order valence-electron chi connectivity index (χ3n) is 5.61. The van der Waals surface area contributed by atoms with E-state index in [2.05, 4.69) is 20.3 Å². The first kappa shape index (κ1) is 21.5. The monoisotopic (exact) mass is 446 g/mol. The summed E-state index contributed by atoms with van der Waals surface area (Å²) in [6.07, 6.45) is 2.69. The molecule has 0 aliphatic carbocycles. The Bertz CT molecular complexity index is 1070. The molecule has 0 saturated carbocycles. The molecule has 1 aliphatic heterocycles. The zero-order valence-electron chi connectivity index (χ0n) is 17.5. The van der Waals surface area contributed by atoms with Crippen molar-refractivity contribution in [1.82, 2.24) is 14.8 Å². The van der Waals surface area contributed by atoms with Crippen LogP contribution in [0.3, 0.4) is 0 Å². The SMILES string of the molecule is Cn1ncc(NC(O)c2nc(-c3ccccc3F)sc2N)c1N1CCCC(C)(O)CC1. The van der Waals surface area contributed by atoms with Crippen LogP contribution < -0.4 is 16.0 Å². The van der Waals surface area contributed by atoms with E-state index in [4.69, 9.17) is 5.73 Å². The number of nitrogens with two attached hydrogens (primary N) is 1. The quantitative estimate of drug-likeness (QED) is 0.446. The fourth-order valence-corrected chi connectivity index (χ4v) is 4.78. The normalized spacial score (nSPS) is 20.5. The van der Waals surface area contributed by atoms with Crippen molar-refractivity contribution in [2.45, 2.75) is 38.0 Å². The molecular weight excluding hydrogens is 419 g/mol. The zero-order chi connectivity index (χ0) is 22.2. The first-order chi connectivity index (χ1) is 14.7. The van der Waals surface area contributed by atoms with Crippen LogP contribution in [0.2, 0.25) is 0 Å². The lowest BCUT2D eigenvalue weighted by molar-refractivity contribution is 0.0481. The number of aliphatic hydroxyl groups excluding tert-OH is 1. The van der Waals surface area contributed by atoms with Crippen LogP contribution in [0.4, 0.5) is 20.9 Å². The molecule has 166 valence electrons. The number of hydrogen-bond donors (Lipinski definition) is 4. The summed E-state index contributed by atoms with van der Waals surface area (Å²) in [5, 5.41) is 29.3. The molecule has 1 fully saturated rings. The predicted molar refractivity (Wildman–Crippen MR) is 120 cm³/mol. The van der Waals surface area contributed by atoms with E-state index in [1.54, 1.807) is 29.1 Å². The summed E-state index contributed by atoms with van der Waals surface area (Å²) in [5.41, 5.74) is 6.64. The Balaban J connectivity index is 1.56. The largest absolute Gasteiger partial charge is 0.390 e. The Morgan fingerprint density at radius 1 is 1.29 bits per heavy atom. The van der Waals surface area contributed by atoms with Crippen molar-refractivity contribution in [3.05, 3.63) is 42.0 Å². The molecule has 4 rings (SSSR count). The van der Waals surface area contributed by atoms with E-state index >= 15 is 0 Å². The van der Waals surface area contributed by atoms with Crippen LogP contribution in [0.25, 0.3) is 10.6 Å². The van der Waals surface area contributed by atoms with E-state index in [9.17, 15) is 14.6 Å². The standard InChI is InChI=1S/C21H27FN6O2S/c1-21(30)8-5-10-28(11-9-21)20-15(12-24-27(20)2)25-18(29)16-17(23)31-19(26-16)13-6-3-4-7-14(13)22/h3-4,6-7,12,18,25,29-30H,5,8-11,23H2,1-2H3. The lowest BCUT2D eigenvalue weighted by Crippen LogP contribution is -2.30. The molecular formula is C21H27FN6O2S. The number of aromatic nitrogens is 3. The van der Waals surface area contributed by atoms with E-state index < -0.39 is 17.6 Å². The Morgan fingerprint density at radius 3 is 2.84 bits per heavy atom. The Morgan fingerprint density at radius 2 is 2.06 bits per heavy atom. The lowest BCUT2D eigenvalue weighted by Gasteiger charge is -2.26. The first-order valence-electron chi connectivity index (χ1n) is 10.2. The van der Waals surface area contributed by atoms with Crippen molar-refractivity contribution in [2.75, 3.05) is 29.0 Å². The van der Waals surface area contributed by atoms with Gasteiger partial charge < -0.3 is 26.2 Å². The topological polar surface area (TPSA) is 112 Å². The summed E-state index contributed by atoms with van der Waals surface area (Å²) >= 11 is 1.13. The van der Waals surface area contributed by atoms with Crippen LogP contribution in [0.1, 0.15) is 38.1 Å². The fraction of sp³-hybridized carbons (Fsp3) is 0.429. The van der Waals surface area contributed by atoms with Gasteiger partial charge in [-0.1, -0.05) is 23.5 Å². The fourth-order valence-electron chi connectivity index (χ4n) is 3.89. The number of benzene rings is 1. The third-order valence-corrected chi connectivity index (χ3v) is 6.54. The summed E-state index contributed by atoms with van der Waals surface area (Å²) in [6.45, 7) is 3.31. The van der Waals surface area contributed by atoms with E-state index in [0.717, 1.165) is 36.5 Å². The molecule has 0 radical (unpaired) electrons. The number of thiazole rings is 1. The van der Waals surface area contributed by atoms with Gasteiger partial charge in [-0.3, -0.25) is 4.68 Å². The number of nitrogens with zero attached hydrogens (tertiary/aromatic N) is 4. The minimum absolute atomic E-state index is 0.247. The average molecular weight is 447 g/mol. The molecule has 0 amide bonds. The van der Waals surface area contributed by atoms with Gasteiger partial charge in [0.2, 0.25) is 0 Å². The molecule has 0 bridgehead atoms. The molecule has 31 heavy (non-hydrogen) atoms. The van der Waals surface area contributed by atoms with Crippen molar-refractivity contribution in [1.29, 1.82) is 0 Å². The van der Waals surface area contributed by atoms with Crippen molar-refractivity contribution >= 4 is 27.8 Å². The number of nitrogen functional groups attached to an aromatic ring is 1. The maximum atomic E-state index is 14.1. The summed E-state index contributed by atoms with van der Waals surface area (Å²) < 4.78 is 15.9. The maximum Gasteiger partial charge on any atom is 0.171 e. The van der Waals surface area contributed by atoms with Gasteiger partial charge in [0.15, 0.2) is 6.23 Å². The Kier molecular flexibility index (Phi) is 5.87. The van der Waals surface area contributed by atoms with Crippen LogP contribution >= 0.6 is 11.3 Å². The molecule has 1 aliphatic rings. The molecule has 2 unspecified atom stereocenters. The number of rotatable bonds is 5. The van der Waals surface area contributed by atoms with Gasteiger partial charge in [0.1, 0.15) is 27.3 Å².